The van der Waals surface area contributed by atoms with Crippen LogP contribution in [0.3, 0.4) is 0 Å². The number of ether oxygens (including phenoxy) is 3. The SMILES string of the molecule is CC(C)(Oc1ccc(Cl)cc1)C(=O)OC(=O)CC(OC(=O)C=CSc1ccccc1)C(=O)c1ccccc1. The number of rotatable bonds is 11. The smallest absolute Gasteiger partial charge is 0.357 e. The van der Waals surface area contributed by atoms with Gasteiger partial charge in [-0.1, -0.05) is 71.9 Å². The first-order valence-electron chi connectivity index (χ1n) is 11.5. The molecule has 3 aromatic rings. The Morgan fingerprint density at radius 1 is 0.895 bits per heavy atom. The predicted octanol–water partition coefficient (Wildman–Crippen LogP) is 6.06. The molecule has 0 saturated carbocycles. The fourth-order valence-corrected chi connectivity index (χ4v) is 3.86. The molecule has 0 aliphatic carbocycles. The number of esters is 3. The van der Waals surface area contributed by atoms with Gasteiger partial charge in [-0.25, -0.2) is 9.59 Å². The molecule has 1 atom stereocenters. The lowest BCUT2D eigenvalue weighted by Crippen LogP contribution is -2.41. The molecular weight excluding hydrogens is 528 g/mol. The molecule has 7 nitrogen and oxygen atoms in total. The van der Waals surface area contributed by atoms with Crippen molar-refractivity contribution in [3.63, 3.8) is 0 Å². The van der Waals surface area contributed by atoms with Gasteiger partial charge in [0.1, 0.15) is 5.75 Å². The highest BCUT2D eigenvalue weighted by molar-refractivity contribution is 8.02. The van der Waals surface area contributed by atoms with Crippen LogP contribution >= 0.6 is 23.4 Å². The maximum atomic E-state index is 13.0. The van der Waals surface area contributed by atoms with Crippen molar-refractivity contribution in [2.75, 3.05) is 0 Å². The van der Waals surface area contributed by atoms with Crippen molar-refractivity contribution in [3.8, 4) is 5.75 Å². The first kappa shape index (κ1) is 28.7. The lowest BCUT2D eigenvalue weighted by Gasteiger charge is -2.24. The summed E-state index contributed by atoms with van der Waals surface area (Å²) < 4.78 is 15.9. The lowest BCUT2D eigenvalue weighted by atomic mass is 10.0. The number of ketones is 1. The average molecular weight is 553 g/mol. The molecule has 0 radical (unpaired) electrons. The van der Waals surface area contributed by atoms with E-state index in [2.05, 4.69) is 0 Å². The minimum absolute atomic E-state index is 0.235. The summed E-state index contributed by atoms with van der Waals surface area (Å²) in [5.41, 5.74) is -1.30. The van der Waals surface area contributed by atoms with E-state index in [0.29, 0.717) is 10.8 Å². The highest BCUT2D eigenvalue weighted by Gasteiger charge is 2.35. The van der Waals surface area contributed by atoms with E-state index in [0.717, 1.165) is 11.0 Å². The minimum atomic E-state index is -1.53. The average Bonchev–Trinajstić information content (AvgIpc) is 2.90. The highest BCUT2D eigenvalue weighted by atomic mass is 35.5. The van der Waals surface area contributed by atoms with Crippen LogP contribution in [0.15, 0.2) is 101 Å². The van der Waals surface area contributed by atoms with E-state index in [-0.39, 0.29) is 5.56 Å². The van der Waals surface area contributed by atoms with Crippen LogP contribution in [0.2, 0.25) is 5.02 Å². The molecule has 0 aromatic heterocycles. The Morgan fingerprint density at radius 3 is 2.13 bits per heavy atom. The number of halogens is 1. The molecule has 38 heavy (non-hydrogen) atoms. The third-order valence-electron chi connectivity index (χ3n) is 5.00. The van der Waals surface area contributed by atoms with E-state index in [9.17, 15) is 19.2 Å². The number of Topliss-reactive ketones (excluding diaryl/α,β-unsaturated/α-hetero) is 1. The van der Waals surface area contributed by atoms with Crippen LogP contribution in [0.4, 0.5) is 0 Å². The Bertz CT molecular complexity index is 1290. The third kappa shape index (κ3) is 8.90. The lowest BCUT2D eigenvalue weighted by molar-refractivity contribution is -0.171. The number of benzene rings is 3. The molecule has 1 unspecified atom stereocenters. The van der Waals surface area contributed by atoms with Crippen molar-refractivity contribution in [2.45, 2.75) is 36.9 Å². The van der Waals surface area contributed by atoms with Crippen LogP contribution in [0, 0.1) is 0 Å². The zero-order valence-corrected chi connectivity index (χ0v) is 22.2. The maximum absolute atomic E-state index is 13.0. The van der Waals surface area contributed by atoms with Crippen molar-refractivity contribution in [3.05, 3.63) is 107 Å². The Balaban J connectivity index is 1.66. The molecule has 0 N–H and O–H groups in total. The first-order chi connectivity index (χ1) is 18.1. The molecule has 0 amide bonds. The van der Waals surface area contributed by atoms with E-state index < -0.39 is 41.8 Å². The minimum Gasteiger partial charge on any atom is -0.476 e. The van der Waals surface area contributed by atoms with Crippen LogP contribution in [-0.2, 0) is 23.9 Å². The van der Waals surface area contributed by atoms with Gasteiger partial charge in [-0.05, 0) is 55.7 Å². The van der Waals surface area contributed by atoms with Crippen molar-refractivity contribution in [1.29, 1.82) is 0 Å². The van der Waals surface area contributed by atoms with E-state index >= 15 is 0 Å². The molecule has 0 bridgehead atoms. The number of thioether (sulfide) groups is 1. The summed E-state index contributed by atoms with van der Waals surface area (Å²) in [4.78, 5) is 51.7. The van der Waals surface area contributed by atoms with E-state index in [1.807, 2.05) is 30.3 Å². The van der Waals surface area contributed by atoms with E-state index in [1.165, 1.54) is 43.2 Å². The standard InChI is InChI=1S/C29H25ClO7S/c1-29(2,37-22-15-13-21(30)14-16-22)28(34)36-26(32)19-24(27(33)20-9-5-3-6-10-20)35-25(31)17-18-38-23-11-7-4-8-12-23/h3-18,24H,19H2,1-2H3. The fourth-order valence-electron chi connectivity index (χ4n) is 3.08. The fraction of sp³-hybridized carbons (Fsp3) is 0.172. The second-order valence-electron chi connectivity index (χ2n) is 8.42. The molecule has 0 saturated heterocycles. The molecular formula is C29H25ClO7S. The van der Waals surface area contributed by atoms with Gasteiger partial charge in [0.05, 0.1) is 6.42 Å². The molecule has 0 fully saturated rings. The van der Waals surface area contributed by atoms with E-state index in [4.69, 9.17) is 25.8 Å². The number of carbonyl (C=O) groups is 4. The van der Waals surface area contributed by atoms with Crippen LogP contribution in [0.5, 0.6) is 5.75 Å². The molecule has 0 aliphatic heterocycles. The van der Waals surface area contributed by atoms with Crippen molar-refractivity contribution >= 4 is 47.1 Å². The number of hydrogen-bond donors (Lipinski definition) is 0. The zero-order chi connectivity index (χ0) is 27.5. The summed E-state index contributed by atoms with van der Waals surface area (Å²) in [5, 5.41) is 2.00. The van der Waals surface area contributed by atoms with Gasteiger partial charge in [0.25, 0.3) is 0 Å². The normalized spacial score (nSPS) is 12.0. The number of hydrogen-bond acceptors (Lipinski definition) is 8. The Morgan fingerprint density at radius 2 is 1.50 bits per heavy atom. The molecule has 0 spiro atoms. The third-order valence-corrected chi connectivity index (χ3v) is 6.07. The summed E-state index contributed by atoms with van der Waals surface area (Å²) in [6.07, 6.45) is -1.01. The van der Waals surface area contributed by atoms with Crippen molar-refractivity contribution < 1.29 is 33.4 Å². The largest absolute Gasteiger partial charge is 0.476 e. The molecule has 196 valence electrons. The van der Waals surface area contributed by atoms with Gasteiger partial charge in [0, 0.05) is 21.6 Å². The van der Waals surface area contributed by atoms with Gasteiger partial charge < -0.3 is 14.2 Å². The molecule has 0 heterocycles. The maximum Gasteiger partial charge on any atom is 0.357 e. The van der Waals surface area contributed by atoms with Crippen LogP contribution in [0.1, 0.15) is 30.6 Å². The topological polar surface area (TPSA) is 96.0 Å². The van der Waals surface area contributed by atoms with Gasteiger partial charge in [-0.3, -0.25) is 9.59 Å². The molecule has 3 rings (SSSR count). The number of carbonyl (C=O) groups excluding carboxylic acids is 4. The van der Waals surface area contributed by atoms with Crippen LogP contribution in [-0.4, -0.2) is 35.4 Å². The first-order valence-corrected chi connectivity index (χ1v) is 12.8. The van der Waals surface area contributed by atoms with Gasteiger partial charge in [0.15, 0.2) is 6.10 Å². The Labute approximate surface area is 229 Å². The Hall–Kier alpha value is -3.88. The van der Waals surface area contributed by atoms with Crippen molar-refractivity contribution in [2.24, 2.45) is 0 Å². The summed E-state index contributed by atoms with van der Waals surface area (Å²) in [7, 11) is 0. The van der Waals surface area contributed by atoms with Gasteiger partial charge >= 0.3 is 17.9 Å². The zero-order valence-electron chi connectivity index (χ0n) is 20.7. The van der Waals surface area contributed by atoms with Gasteiger partial charge in [-0.2, -0.15) is 0 Å². The van der Waals surface area contributed by atoms with Gasteiger partial charge in [0.2, 0.25) is 11.4 Å². The monoisotopic (exact) mass is 552 g/mol. The molecule has 9 heteroatoms. The summed E-state index contributed by atoms with van der Waals surface area (Å²) in [6, 6.07) is 23.7. The summed E-state index contributed by atoms with van der Waals surface area (Å²) in [5.74, 6) is -3.12. The van der Waals surface area contributed by atoms with Crippen LogP contribution in [0.25, 0.3) is 0 Å². The second-order valence-corrected chi connectivity index (χ2v) is 9.84. The predicted molar refractivity (Wildman–Crippen MR) is 144 cm³/mol. The quantitative estimate of drug-likeness (QED) is 0.0931. The Kier molecular flexibility index (Phi) is 10.3. The second kappa shape index (κ2) is 13.6. The summed E-state index contributed by atoms with van der Waals surface area (Å²) in [6.45, 7) is 2.86. The highest BCUT2D eigenvalue weighted by Crippen LogP contribution is 2.23. The van der Waals surface area contributed by atoms with E-state index in [1.54, 1.807) is 42.5 Å². The van der Waals surface area contributed by atoms with Crippen LogP contribution < -0.4 is 4.74 Å². The van der Waals surface area contributed by atoms with Crippen molar-refractivity contribution in [1.82, 2.24) is 0 Å². The molecule has 3 aromatic carbocycles. The van der Waals surface area contributed by atoms with Gasteiger partial charge in [-0.15, -0.1) is 0 Å². The summed E-state index contributed by atoms with van der Waals surface area (Å²) >= 11 is 7.15. The molecule has 0 aliphatic rings.